The second kappa shape index (κ2) is 5.88. The molecule has 0 fully saturated rings. The van der Waals surface area contributed by atoms with Gasteiger partial charge in [0.15, 0.2) is 11.5 Å². The van der Waals surface area contributed by atoms with Gasteiger partial charge in [0.2, 0.25) is 0 Å². The number of carbonyl (C=O) groups is 1. The SMILES string of the molecule is CN(Cc1ccc2c(c1)OCCO2)C(=O)c1cccc2cn[nH]c12. The topological polar surface area (TPSA) is 67.5 Å². The Hall–Kier alpha value is -3.02. The summed E-state index contributed by atoms with van der Waals surface area (Å²) in [6.07, 6.45) is 1.72. The van der Waals surface area contributed by atoms with Gasteiger partial charge in [-0.3, -0.25) is 9.89 Å². The van der Waals surface area contributed by atoms with Crippen molar-refractivity contribution in [2.45, 2.75) is 6.54 Å². The van der Waals surface area contributed by atoms with E-state index in [0.29, 0.717) is 25.3 Å². The molecule has 0 aliphatic carbocycles. The highest BCUT2D eigenvalue weighted by molar-refractivity contribution is 6.05. The summed E-state index contributed by atoms with van der Waals surface area (Å²) in [7, 11) is 1.79. The molecule has 6 nitrogen and oxygen atoms in total. The third kappa shape index (κ3) is 2.56. The number of rotatable bonds is 3. The number of ether oxygens (including phenoxy) is 2. The van der Waals surface area contributed by atoms with E-state index in [1.165, 1.54) is 0 Å². The minimum atomic E-state index is -0.0558. The van der Waals surface area contributed by atoms with E-state index >= 15 is 0 Å². The first-order valence-electron chi connectivity index (χ1n) is 7.78. The number of carbonyl (C=O) groups excluding carboxylic acids is 1. The zero-order valence-corrected chi connectivity index (χ0v) is 13.3. The second-order valence-corrected chi connectivity index (χ2v) is 5.78. The Balaban J connectivity index is 1.56. The molecule has 1 N–H and O–H groups in total. The van der Waals surface area contributed by atoms with Crippen molar-refractivity contribution in [1.82, 2.24) is 15.1 Å². The largest absolute Gasteiger partial charge is 0.486 e. The Kier molecular flexibility index (Phi) is 3.57. The summed E-state index contributed by atoms with van der Waals surface area (Å²) < 4.78 is 11.1. The summed E-state index contributed by atoms with van der Waals surface area (Å²) in [5.41, 5.74) is 2.37. The van der Waals surface area contributed by atoms with E-state index in [1.807, 2.05) is 36.4 Å². The summed E-state index contributed by atoms with van der Waals surface area (Å²) in [6, 6.07) is 11.4. The summed E-state index contributed by atoms with van der Waals surface area (Å²) in [6.45, 7) is 1.60. The molecule has 0 saturated carbocycles. The van der Waals surface area contributed by atoms with Crippen LogP contribution in [0.15, 0.2) is 42.6 Å². The fourth-order valence-corrected chi connectivity index (χ4v) is 2.88. The van der Waals surface area contributed by atoms with Gasteiger partial charge >= 0.3 is 0 Å². The highest BCUT2D eigenvalue weighted by atomic mass is 16.6. The van der Waals surface area contributed by atoms with E-state index in [0.717, 1.165) is 28.0 Å². The molecule has 0 radical (unpaired) electrons. The van der Waals surface area contributed by atoms with Gasteiger partial charge < -0.3 is 14.4 Å². The van der Waals surface area contributed by atoms with Gasteiger partial charge in [-0.1, -0.05) is 18.2 Å². The van der Waals surface area contributed by atoms with Crippen LogP contribution in [-0.4, -0.2) is 41.3 Å². The predicted molar refractivity (Wildman–Crippen MR) is 89.3 cm³/mol. The van der Waals surface area contributed by atoms with E-state index in [2.05, 4.69) is 10.2 Å². The van der Waals surface area contributed by atoms with E-state index in [4.69, 9.17) is 9.47 Å². The van der Waals surface area contributed by atoms with Crippen molar-refractivity contribution in [3.8, 4) is 11.5 Å². The molecule has 2 aromatic carbocycles. The van der Waals surface area contributed by atoms with Crippen LogP contribution in [0.3, 0.4) is 0 Å². The molecule has 1 amide bonds. The molecular weight excluding hydrogens is 306 g/mol. The van der Waals surface area contributed by atoms with Crippen molar-refractivity contribution >= 4 is 16.8 Å². The summed E-state index contributed by atoms with van der Waals surface area (Å²) in [5, 5.41) is 7.83. The maximum Gasteiger partial charge on any atom is 0.256 e. The fraction of sp³-hybridized carbons (Fsp3) is 0.222. The first-order valence-corrected chi connectivity index (χ1v) is 7.78. The van der Waals surface area contributed by atoms with Gasteiger partial charge in [0.1, 0.15) is 13.2 Å². The lowest BCUT2D eigenvalue weighted by Gasteiger charge is -2.21. The van der Waals surface area contributed by atoms with Crippen LogP contribution in [0.2, 0.25) is 0 Å². The van der Waals surface area contributed by atoms with E-state index < -0.39 is 0 Å². The maximum atomic E-state index is 12.8. The summed E-state index contributed by atoms with van der Waals surface area (Å²) in [5.74, 6) is 1.43. The van der Waals surface area contributed by atoms with Gasteiger partial charge in [-0.2, -0.15) is 5.10 Å². The van der Waals surface area contributed by atoms with Gasteiger partial charge in [0.05, 0.1) is 17.3 Å². The van der Waals surface area contributed by atoms with E-state index in [1.54, 1.807) is 18.1 Å². The molecule has 2 heterocycles. The smallest absolute Gasteiger partial charge is 0.256 e. The highest BCUT2D eigenvalue weighted by Crippen LogP contribution is 2.31. The minimum absolute atomic E-state index is 0.0558. The summed E-state index contributed by atoms with van der Waals surface area (Å²) >= 11 is 0. The molecule has 24 heavy (non-hydrogen) atoms. The first kappa shape index (κ1) is 14.6. The number of fused-ring (bicyclic) bond motifs is 2. The van der Waals surface area contributed by atoms with Crippen molar-refractivity contribution in [3.63, 3.8) is 0 Å². The fourth-order valence-electron chi connectivity index (χ4n) is 2.88. The van der Waals surface area contributed by atoms with Crippen LogP contribution in [0, 0.1) is 0 Å². The number of hydrogen-bond acceptors (Lipinski definition) is 4. The van der Waals surface area contributed by atoms with Gasteiger partial charge in [-0.25, -0.2) is 0 Å². The average molecular weight is 323 g/mol. The third-order valence-corrected chi connectivity index (χ3v) is 4.08. The van der Waals surface area contributed by atoms with Crippen molar-refractivity contribution in [2.75, 3.05) is 20.3 Å². The molecule has 1 aliphatic heterocycles. The standard InChI is InChI=1S/C18H17N3O3/c1-21(11-12-5-6-15-16(9-12)24-8-7-23-15)18(22)14-4-2-3-13-10-19-20-17(13)14/h2-6,9-10H,7-8,11H2,1H3,(H,19,20). The van der Waals surface area contributed by atoms with E-state index in [9.17, 15) is 4.79 Å². The minimum Gasteiger partial charge on any atom is -0.486 e. The van der Waals surface area contributed by atoms with Gasteiger partial charge in [-0.05, 0) is 23.8 Å². The number of aromatic nitrogens is 2. The number of aromatic amines is 1. The van der Waals surface area contributed by atoms with Gasteiger partial charge in [0, 0.05) is 19.0 Å². The zero-order chi connectivity index (χ0) is 16.5. The van der Waals surface area contributed by atoms with Gasteiger partial charge in [-0.15, -0.1) is 0 Å². The Bertz CT molecular complexity index is 903. The van der Waals surface area contributed by atoms with Crippen LogP contribution >= 0.6 is 0 Å². The molecule has 122 valence electrons. The number of hydrogen-bond donors (Lipinski definition) is 1. The monoisotopic (exact) mass is 323 g/mol. The maximum absolute atomic E-state index is 12.8. The number of nitrogens with zero attached hydrogens (tertiary/aromatic N) is 2. The van der Waals surface area contributed by atoms with E-state index in [-0.39, 0.29) is 5.91 Å². The molecular formula is C18H17N3O3. The molecule has 6 heteroatoms. The Labute approximate surface area is 139 Å². The van der Waals surface area contributed by atoms with Crippen LogP contribution in [0.1, 0.15) is 15.9 Å². The summed E-state index contributed by atoms with van der Waals surface area (Å²) in [4.78, 5) is 14.5. The van der Waals surface area contributed by atoms with Crippen LogP contribution < -0.4 is 9.47 Å². The van der Waals surface area contributed by atoms with Crippen LogP contribution in [0.25, 0.3) is 10.9 Å². The second-order valence-electron chi connectivity index (χ2n) is 5.78. The lowest BCUT2D eigenvalue weighted by Crippen LogP contribution is -2.26. The highest BCUT2D eigenvalue weighted by Gasteiger charge is 2.17. The van der Waals surface area contributed by atoms with Crippen molar-refractivity contribution < 1.29 is 14.3 Å². The molecule has 0 unspecified atom stereocenters. The number of para-hydroxylation sites is 1. The lowest BCUT2D eigenvalue weighted by atomic mass is 10.1. The van der Waals surface area contributed by atoms with Gasteiger partial charge in [0.25, 0.3) is 5.91 Å². The molecule has 4 rings (SSSR count). The Morgan fingerprint density at radius 3 is 2.92 bits per heavy atom. The Morgan fingerprint density at radius 1 is 1.21 bits per heavy atom. The number of amides is 1. The normalized spacial score (nSPS) is 13.0. The molecule has 0 bridgehead atoms. The molecule has 1 aromatic heterocycles. The van der Waals surface area contributed by atoms with Crippen LogP contribution in [0.5, 0.6) is 11.5 Å². The Morgan fingerprint density at radius 2 is 2.04 bits per heavy atom. The molecule has 0 spiro atoms. The molecule has 0 atom stereocenters. The molecule has 3 aromatic rings. The number of nitrogens with one attached hydrogen (secondary N) is 1. The zero-order valence-electron chi connectivity index (χ0n) is 13.3. The predicted octanol–water partition coefficient (Wildman–Crippen LogP) is 2.61. The lowest BCUT2D eigenvalue weighted by molar-refractivity contribution is 0.0786. The van der Waals surface area contributed by atoms with Crippen molar-refractivity contribution in [2.24, 2.45) is 0 Å². The quantitative estimate of drug-likeness (QED) is 0.804. The first-order chi connectivity index (χ1) is 11.7. The van der Waals surface area contributed by atoms with Crippen molar-refractivity contribution in [1.29, 1.82) is 0 Å². The molecule has 0 saturated heterocycles. The number of benzene rings is 2. The molecule has 1 aliphatic rings. The van der Waals surface area contributed by atoms with Crippen LogP contribution in [0.4, 0.5) is 0 Å². The average Bonchev–Trinajstić information content (AvgIpc) is 3.09. The third-order valence-electron chi connectivity index (χ3n) is 4.08. The van der Waals surface area contributed by atoms with Crippen molar-refractivity contribution in [3.05, 3.63) is 53.7 Å². The number of H-pyrrole nitrogens is 1. The van der Waals surface area contributed by atoms with Crippen LogP contribution in [-0.2, 0) is 6.54 Å².